The van der Waals surface area contributed by atoms with E-state index < -0.39 is 0 Å². The molecule has 0 aliphatic rings. The average Bonchev–Trinajstić information content (AvgIpc) is 2.79. The van der Waals surface area contributed by atoms with Crippen LogP contribution in [0.2, 0.25) is 0 Å². The van der Waals surface area contributed by atoms with Crippen molar-refractivity contribution >= 4 is 27.7 Å². The van der Waals surface area contributed by atoms with E-state index in [2.05, 4.69) is 21.1 Å². The van der Waals surface area contributed by atoms with Crippen molar-refractivity contribution < 1.29 is 14.4 Å². The van der Waals surface area contributed by atoms with E-state index in [9.17, 15) is 4.79 Å². The van der Waals surface area contributed by atoms with Crippen LogP contribution in [0.4, 0.5) is 0 Å². The third-order valence-electron chi connectivity index (χ3n) is 2.63. The molecule has 6 nitrogen and oxygen atoms in total. The Kier molecular flexibility index (Phi) is 5.21. The lowest BCUT2D eigenvalue weighted by Crippen LogP contribution is -2.38. The number of nitrogens with zero attached hydrogens (tertiary/aromatic N) is 2. The molecule has 0 bridgehead atoms. The van der Waals surface area contributed by atoms with Crippen LogP contribution >= 0.6 is 15.9 Å². The molecule has 0 spiro atoms. The molecule has 0 saturated heterocycles. The molecule has 1 atom stereocenters. The average molecular weight is 318 g/mol. The lowest BCUT2D eigenvalue weighted by Gasteiger charge is -2.23. The number of amidine groups is 1. The molecule has 1 aromatic heterocycles. The minimum atomic E-state index is -0.218. The highest BCUT2D eigenvalue weighted by Gasteiger charge is 2.21. The number of hydrogen-bond acceptors (Lipinski definition) is 4. The van der Waals surface area contributed by atoms with Crippen LogP contribution in [-0.4, -0.2) is 34.9 Å². The zero-order valence-electron chi connectivity index (χ0n) is 10.3. The zero-order valence-corrected chi connectivity index (χ0v) is 11.8. The molecule has 7 heteroatoms. The van der Waals surface area contributed by atoms with E-state index in [-0.39, 0.29) is 17.7 Å². The van der Waals surface area contributed by atoms with E-state index in [1.165, 1.54) is 6.26 Å². The van der Waals surface area contributed by atoms with Crippen LogP contribution in [-0.2, 0) is 0 Å². The Labute approximate surface area is 114 Å². The maximum atomic E-state index is 12.2. The Morgan fingerprint density at radius 1 is 1.72 bits per heavy atom. The summed E-state index contributed by atoms with van der Waals surface area (Å²) < 4.78 is 5.44. The van der Waals surface area contributed by atoms with Crippen molar-refractivity contribution in [2.45, 2.75) is 13.8 Å². The number of carbonyl (C=O) groups is 1. The van der Waals surface area contributed by atoms with Gasteiger partial charge in [-0.25, -0.2) is 0 Å². The number of halogens is 1. The molecule has 0 saturated carbocycles. The molecule has 0 aliphatic carbocycles. The number of furan rings is 1. The maximum absolute atomic E-state index is 12.2. The van der Waals surface area contributed by atoms with E-state index >= 15 is 0 Å². The Bertz CT molecular complexity index is 444. The predicted octanol–water partition coefficient (Wildman–Crippen LogP) is 1.89. The topological polar surface area (TPSA) is 92.1 Å². The summed E-state index contributed by atoms with van der Waals surface area (Å²) >= 11 is 3.17. The van der Waals surface area contributed by atoms with Gasteiger partial charge in [0.25, 0.3) is 5.91 Å². The largest absolute Gasteiger partial charge is 0.457 e. The Morgan fingerprint density at radius 2 is 2.39 bits per heavy atom. The van der Waals surface area contributed by atoms with Crippen molar-refractivity contribution in [2.75, 3.05) is 13.1 Å². The van der Waals surface area contributed by atoms with Crippen LogP contribution in [0.15, 0.2) is 26.6 Å². The van der Waals surface area contributed by atoms with Gasteiger partial charge in [0.15, 0.2) is 4.67 Å². The van der Waals surface area contributed by atoms with Crippen molar-refractivity contribution in [2.24, 2.45) is 16.8 Å². The first-order valence-electron chi connectivity index (χ1n) is 5.50. The van der Waals surface area contributed by atoms with Gasteiger partial charge in [0, 0.05) is 19.0 Å². The van der Waals surface area contributed by atoms with Crippen molar-refractivity contribution in [1.29, 1.82) is 0 Å². The molecule has 0 radical (unpaired) electrons. The molecule has 3 N–H and O–H groups in total. The van der Waals surface area contributed by atoms with Gasteiger partial charge in [0.1, 0.15) is 5.84 Å². The van der Waals surface area contributed by atoms with Crippen molar-refractivity contribution in [3.63, 3.8) is 0 Å². The lowest BCUT2D eigenvalue weighted by atomic mass is 10.1. The van der Waals surface area contributed by atoms with Gasteiger partial charge in [-0.3, -0.25) is 4.79 Å². The summed E-state index contributed by atoms with van der Waals surface area (Å²) in [5.74, 6) is -0.271. The molecule has 0 aromatic carbocycles. The van der Waals surface area contributed by atoms with Gasteiger partial charge >= 0.3 is 0 Å². The third-order valence-corrected chi connectivity index (χ3v) is 3.25. The number of carbonyl (C=O) groups excluding carboxylic acids is 1. The van der Waals surface area contributed by atoms with E-state index in [1.807, 2.05) is 6.92 Å². The fourth-order valence-electron chi connectivity index (χ4n) is 1.49. The van der Waals surface area contributed by atoms with Gasteiger partial charge in [-0.1, -0.05) is 12.1 Å². The maximum Gasteiger partial charge on any atom is 0.258 e. The number of rotatable bonds is 5. The van der Waals surface area contributed by atoms with E-state index in [4.69, 9.17) is 15.4 Å². The van der Waals surface area contributed by atoms with Crippen LogP contribution in [0.1, 0.15) is 24.2 Å². The summed E-state index contributed by atoms with van der Waals surface area (Å²) in [6.07, 6.45) is 1.44. The van der Waals surface area contributed by atoms with E-state index in [0.29, 0.717) is 23.3 Å². The molecule has 18 heavy (non-hydrogen) atoms. The van der Waals surface area contributed by atoms with Gasteiger partial charge < -0.3 is 20.3 Å². The molecular formula is C11H16BrN3O3. The van der Waals surface area contributed by atoms with E-state index in [1.54, 1.807) is 17.9 Å². The third kappa shape index (κ3) is 3.25. The van der Waals surface area contributed by atoms with Gasteiger partial charge in [-0.2, -0.15) is 0 Å². The Balaban J connectivity index is 2.79. The molecule has 1 rings (SSSR count). The van der Waals surface area contributed by atoms with Crippen LogP contribution in [0.5, 0.6) is 0 Å². The van der Waals surface area contributed by atoms with E-state index in [0.717, 1.165) is 0 Å². The van der Waals surface area contributed by atoms with Gasteiger partial charge in [0.2, 0.25) is 0 Å². The van der Waals surface area contributed by atoms with Crippen LogP contribution in [0.25, 0.3) is 0 Å². The van der Waals surface area contributed by atoms with Gasteiger partial charge in [-0.15, -0.1) is 0 Å². The first-order chi connectivity index (χ1) is 8.51. The first-order valence-corrected chi connectivity index (χ1v) is 6.30. The fourth-order valence-corrected chi connectivity index (χ4v) is 1.90. The van der Waals surface area contributed by atoms with Crippen LogP contribution in [0, 0.1) is 5.92 Å². The number of hydrogen-bond donors (Lipinski definition) is 2. The normalized spacial score (nSPS) is 13.4. The quantitative estimate of drug-likeness (QED) is 0.375. The summed E-state index contributed by atoms with van der Waals surface area (Å²) in [5, 5.41) is 11.5. The highest BCUT2D eigenvalue weighted by molar-refractivity contribution is 9.10. The molecule has 1 aromatic rings. The van der Waals surface area contributed by atoms with Gasteiger partial charge in [0.05, 0.1) is 11.8 Å². The fraction of sp³-hybridized carbons (Fsp3) is 0.455. The smallest absolute Gasteiger partial charge is 0.258 e. The molecule has 1 unspecified atom stereocenters. The summed E-state index contributed by atoms with van der Waals surface area (Å²) in [4.78, 5) is 13.8. The second kappa shape index (κ2) is 6.44. The van der Waals surface area contributed by atoms with Crippen molar-refractivity contribution in [3.8, 4) is 0 Å². The lowest BCUT2D eigenvalue weighted by molar-refractivity contribution is 0.0752. The molecule has 1 heterocycles. The first kappa shape index (κ1) is 14.6. The van der Waals surface area contributed by atoms with Gasteiger partial charge in [-0.05, 0) is 28.9 Å². The standard InChI is InChI=1S/C11H16BrN3O3/c1-3-15(6-7(2)10(13)14-17)11(16)8-4-5-18-9(8)12/h4-5,7,17H,3,6H2,1-2H3,(H2,13,14). The van der Waals surface area contributed by atoms with Crippen LogP contribution in [0.3, 0.4) is 0 Å². The molecule has 0 fully saturated rings. The number of nitrogens with two attached hydrogens (primary N) is 1. The highest BCUT2D eigenvalue weighted by atomic mass is 79.9. The summed E-state index contributed by atoms with van der Waals surface area (Å²) in [6, 6.07) is 1.60. The molecular weight excluding hydrogens is 302 g/mol. The highest BCUT2D eigenvalue weighted by Crippen LogP contribution is 2.19. The van der Waals surface area contributed by atoms with Crippen LogP contribution < -0.4 is 5.73 Å². The Morgan fingerprint density at radius 3 is 2.83 bits per heavy atom. The summed E-state index contributed by atoms with van der Waals surface area (Å²) in [5.41, 5.74) is 5.96. The minimum absolute atomic E-state index is 0.104. The molecule has 0 aliphatic heterocycles. The Hall–Kier alpha value is -1.50. The zero-order chi connectivity index (χ0) is 13.7. The monoisotopic (exact) mass is 317 g/mol. The minimum Gasteiger partial charge on any atom is -0.457 e. The van der Waals surface area contributed by atoms with Crippen molar-refractivity contribution in [1.82, 2.24) is 4.90 Å². The SMILES string of the molecule is CCN(CC(C)/C(N)=N/O)C(=O)c1ccoc1Br. The van der Waals surface area contributed by atoms with Crippen molar-refractivity contribution in [3.05, 3.63) is 22.6 Å². The second-order valence-corrected chi connectivity index (χ2v) is 4.60. The second-order valence-electron chi connectivity index (χ2n) is 3.88. The number of oxime groups is 1. The molecule has 1 amide bonds. The summed E-state index contributed by atoms with van der Waals surface area (Å²) in [6.45, 7) is 4.56. The molecule has 100 valence electrons. The number of amides is 1. The predicted molar refractivity (Wildman–Crippen MR) is 70.6 cm³/mol. The summed E-state index contributed by atoms with van der Waals surface area (Å²) in [7, 11) is 0.